The summed E-state index contributed by atoms with van der Waals surface area (Å²) in [5, 5.41) is 9.73. The standard InChI is InChI=1S/C11H13ClF3NO2/c1-10(2,17)9(16)7-4-3-6(5-8(7)12)18-11(13,14)15/h3-5,9,17H,16H2,1-2H3. The van der Waals surface area contributed by atoms with Gasteiger partial charge in [-0.3, -0.25) is 0 Å². The fraction of sp³-hybridized carbons (Fsp3) is 0.455. The summed E-state index contributed by atoms with van der Waals surface area (Å²) in [6.07, 6.45) is -4.77. The Hall–Kier alpha value is -0.980. The van der Waals surface area contributed by atoms with Gasteiger partial charge in [-0.25, -0.2) is 0 Å². The van der Waals surface area contributed by atoms with Crippen LogP contribution in [0.5, 0.6) is 5.75 Å². The molecule has 0 fully saturated rings. The fourth-order valence-electron chi connectivity index (χ4n) is 1.34. The van der Waals surface area contributed by atoms with Gasteiger partial charge in [0.05, 0.1) is 11.6 Å². The highest BCUT2D eigenvalue weighted by Gasteiger charge is 2.32. The van der Waals surface area contributed by atoms with Gasteiger partial charge in [-0.2, -0.15) is 0 Å². The summed E-state index contributed by atoms with van der Waals surface area (Å²) in [5.41, 5.74) is 4.86. The lowest BCUT2D eigenvalue weighted by molar-refractivity contribution is -0.274. The molecule has 0 saturated heterocycles. The molecule has 0 aliphatic carbocycles. The third-order valence-corrected chi connectivity index (χ3v) is 2.63. The van der Waals surface area contributed by atoms with Crippen LogP contribution in [-0.4, -0.2) is 17.1 Å². The van der Waals surface area contributed by atoms with Crippen molar-refractivity contribution in [2.75, 3.05) is 0 Å². The van der Waals surface area contributed by atoms with Crippen LogP contribution in [0.3, 0.4) is 0 Å². The van der Waals surface area contributed by atoms with Crippen molar-refractivity contribution >= 4 is 11.6 Å². The summed E-state index contributed by atoms with van der Waals surface area (Å²) in [6.45, 7) is 2.96. The first-order chi connectivity index (χ1) is 8.00. The van der Waals surface area contributed by atoms with E-state index in [1.54, 1.807) is 0 Å². The van der Waals surface area contributed by atoms with E-state index in [0.29, 0.717) is 5.56 Å². The first-order valence-corrected chi connectivity index (χ1v) is 5.41. The van der Waals surface area contributed by atoms with Crippen LogP contribution >= 0.6 is 11.6 Å². The molecule has 18 heavy (non-hydrogen) atoms. The average molecular weight is 284 g/mol. The topological polar surface area (TPSA) is 55.5 Å². The lowest BCUT2D eigenvalue weighted by Crippen LogP contribution is -2.35. The molecule has 1 aromatic rings. The Kier molecular flexibility index (Phi) is 4.15. The van der Waals surface area contributed by atoms with Gasteiger partial charge in [-0.15, -0.1) is 13.2 Å². The van der Waals surface area contributed by atoms with Crippen molar-refractivity contribution in [1.82, 2.24) is 0 Å². The third-order valence-electron chi connectivity index (χ3n) is 2.30. The fourth-order valence-corrected chi connectivity index (χ4v) is 1.63. The van der Waals surface area contributed by atoms with Crippen LogP contribution < -0.4 is 10.5 Å². The molecule has 0 radical (unpaired) electrons. The second kappa shape index (κ2) is 4.95. The first kappa shape index (κ1) is 15.1. The number of ether oxygens (including phenoxy) is 1. The van der Waals surface area contributed by atoms with E-state index in [9.17, 15) is 18.3 Å². The van der Waals surface area contributed by atoms with Crippen molar-refractivity contribution < 1.29 is 23.0 Å². The minimum atomic E-state index is -4.77. The number of alkyl halides is 3. The zero-order valence-electron chi connectivity index (χ0n) is 9.75. The normalized spacial score (nSPS) is 14.4. The molecule has 0 amide bonds. The summed E-state index contributed by atoms with van der Waals surface area (Å²) >= 11 is 5.82. The maximum absolute atomic E-state index is 12.0. The third kappa shape index (κ3) is 4.04. The van der Waals surface area contributed by atoms with Gasteiger partial charge in [0, 0.05) is 5.02 Å². The molecule has 0 saturated carbocycles. The molecule has 0 aromatic heterocycles. The summed E-state index contributed by atoms with van der Waals surface area (Å²) in [6, 6.07) is 2.59. The number of aliphatic hydroxyl groups is 1. The summed E-state index contributed by atoms with van der Waals surface area (Å²) in [4.78, 5) is 0. The molecule has 0 aliphatic heterocycles. The van der Waals surface area contributed by atoms with E-state index in [-0.39, 0.29) is 5.02 Å². The second-order valence-electron chi connectivity index (χ2n) is 4.36. The van der Waals surface area contributed by atoms with Crippen molar-refractivity contribution in [3.05, 3.63) is 28.8 Å². The van der Waals surface area contributed by atoms with E-state index >= 15 is 0 Å². The van der Waals surface area contributed by atoms with Crippen LogP contribution in [0.4, 0.5) is 13.2 Å². The average Bonchev–Trinajstić information content (AvgIpc) is 2.12. The van der Waals surface area contributed by atoms with Gasteiger partial charge in [0.2, 0.25) is 0 Å². The van der Waals surface area contributed by atoms with Gasteiger partial charge < -0.3 is 15.6 Å². The molecule has 1 aromatic carbocycles. The largest absolute Gasteiger partial charge is 0.573 e. The highest BCUT2D eigenvalue weighted by Crippen LogP contribution is 2.33. The Balaban J connectivity index is 3.00. The molecule has 3 nitrogen and oxygen atoms in total. The Labute approximate surface area is 107 Å². The number of nitrogens with two attached hydrogens (primary N) is 1. The van der Waals surface area contributed by atoms with Gasteiger partial charge in [-0.1, -0.05) is 17.7 Å². The number of hydrogen-bond acceptors (Lipinski definition) is 3. The maximum Gasteiger partial charge on any atom is 0.573 e. The molecular weight excluding hydrogens is 271 g/mol. The molecule has 0 spiro atoms. The zero-order valence-corrected chi connectivity index (χ0v) is 10.5. The van der Waals surface area contributed by atoms with E-state index in [1.165, 1.54) is 19.9 Å². The van der Waals surface area contributed by atoms with Crippen LogP contribution in [-0.2, 0) is 0 Å². The monoisotopic (exact) mass is 283 g/mol. The van der Waals surface area contributed by atoms with Gasteiger partial charge in [0.15, 0.2) is 0 Å². The molecule has 102 valence electrons. The van der Waals surface area contributed by atoms with Crippen LogP contribution in [0.15, 0.2) is 18.2 Å². The predicted octanol–water partition coefficient (Wildman–Crippen LogP) is 3.01. The summed E-state index contributed by atoms with van der Waals surface area (Å²) < 4.78 is 39.7. The van der Waals surface area contributed by atoms with Crippen LogP contribution in [0, 0.1) is 0 Å². The Morgan fingerprint density at radius 1 is 1.33 bits per heavy atom. The first-order valence-electron chi connectivity index (χ1n) is 5.04. The lowest BCUT2D eigenvalue weighted by atomic mass is 9.93. The molecular formula is C11H13ClF3NO2. The van der Waals surface area contributed by atoms with Gasteiger partial charge in [0.1, 0.15) is 5.75 Å². The van der Waals surface area contributed by atoms with Crippen molar-refractivity contribution in [3.63, 3.8) is 0 Å². The molecule has 0 bridgehead atoms. The Bertz CT molecular complexity index is 429. The number of halogens is 4. The van der Waals surface area contributed by atoms with Gasteiger partial charge >= 0.3 is 6.36 Å². The minimum Gasteiger partial charge on any atom is -0.406 e. The predicted molar refractivity (Wildman–Crippen MR) is 61.4 cm³/mol. The molecule has 3 N–H and O–H groups in total. The van der Waals surface area contributed by atoms with E-state index in [2.05, 4.69) is 4.74 Å². The lowest BCUT2D eigenvalue weighted by Gasteiger charge is -2.26. The van der Waals surface area contributed by atoms with E-state index < -0.39 is 23.8 Å². The molecule has 7 heteroatoms. The maximum atomic E-state index is 12.0. The van der Waals surface area contributed by atoms with Crippen molar-refractivity contribution in [2.24, 2.45) is 5.73 Å². The van der Waals surface area contributed by atoms with Crippen LogP contribution in [0.25, 0.3) is 0 Å². The second-order valence-corrected chi connectivity index (χ2v) is 4.77. The minimum absolute atomic E-state index is 0.00590. The van der Waals surface area contributed by atoms with E-state index in [1.807, 2.05) is 0 Å². The Morgan fingerprint density at radius 3 is 2.28 bits per heavy atom. The van der Waals surface area contributed by atoms with Crippen LogP contribution in [0.2, 0.25) is 5.02 Å². The quantitative estimate of drug-likeness (QED) is 0.896. The smallest absolute Gasteiger partial charge is 0.406 e. The summed E-state index contributed by atoms with van der Waals surface area (Å²) in [5.74, 6) is -0.431. The zero-order chi connectivity index (χ0) is 14.1. The molecule has 0 aliphatic rings. The molecule has 1 rings (SSSR count). The van der Waals surface area contributed by atoms with Crippen LogP contribution in [0.1, 0.15) is 25.5 Å². The summed E-state index contributed by atoms with van der Waals surface area (Å²) in [7, 11) is 0. The van der Waals surface area contributed by atoms with Crippen molar-refractivity contribution in [2.45, 2.75) is 31.9 Å². The highest BCUT2D eigenvalue weighted by molar-refractivity contribution is 6.31. The van der Waals surface area contributed by atoms with E-state index in [4.69, 9.17) is 17.3 Å². The van der Waals surface area contributed by atoms with Gasteiger partial charge in [0.25, 0.3) is 0 Å². The molecule has 0 heterocycles. The van der Waals surface area contributed by atoms with Crippen molar-refractivity contribution in [3.8, 4) is 5.75 Å². The number of hydrogen-bond donors (Lipinski definition) is 2. The van der Waals surface area contributed by atoms with E-state index in [0.717, 1.165) is 12.1 Å². The SMILES string of the molecule is CC(C)(O)C(N)c1ccc(OC(F)(F)F)cc1Cl. The molecule has 1 unspecified atom stereocenters. The number of benzene rings is 1. The Morgan fingerprint density at radius 2 is 1.89 bits per heavy atom. The van der Waals surface area contributed by atoms with Gasteiger partial charge in [-0.05, 0) is 31.5 Å². The highest BCUT2D eigenvalue weighted by atomic mass is 35.5. The van der Waals surface area contributed by atoms with Crippen molar-refractivity contribution in [1.29, 1.82) is 0 Å². The molecule has 1 atom stereocenters. The number of rotatable bonds is 3.